The quantitative estimate of drug-likeness (QED) is 0.633. The molecule has 1 heterocycles. The van der Waals surface area contributed by atoms with Crippen molar-refractivity contribution in [3.63, 3.8) is 0 Å². The normalized spacial score (nSPS) is 10.4. The van der Waals surface area contributed by atoms with Gasteiger partial charge in [0.2, 0.25) is 5.24 Å². The summed E-state index contributed by atoms with van der Waals surface area (Å²) in [5.74, 6) is -0.273. The molecule has 21 heavy (non-hydrogen) atoms. The summed E-state index contributed by atoms with van der Waals surface area (Å²) in [4.78, 5) is 22.4. The van der Waals surface area contributed by atoms with Crippen LogP contribution in [-0.2, 0) is 4.79 Å². The van der Waals surface area contributed by atoms with Crippen LogP contribution in [0.5, 0.6) is 0 Å². The minimum Gasteiger partial charge on any atom is -0.351 e. The van der Waals surface area contributed by atoms with Crippen LogP contribution in [0.2, 0.25) is 5.02 Å². The van der Waals surface area contributed by atoms with E-state index in [4.69, 9.17) is 23.2 Å². The van der Waals surface area contributed by atoms with Gasteiger partial charge in [-0.15, -0.1) is 0 Å². The van der Waals surface area contributed by atoms with Crippen molar-refractivity contribution >= 4 is 34.4 Å². The first-order valence-electron chi connectivity index (χ1n) is 6.34. The topological polar surface area (TPSA) is 74.8 Å². The molecule has 0 atom stereocenters. The second-order valence-corrected chi connectivity index (χ2v) is 5.25. The largest absolute Gasteiger partial charge is 0.351 e. The summed E-state index contributed by atoms with van der Waals surface area (Å²) in [6.07, 6.45) is 0.743. The second-order valence-electron chi connectivity index (χ2n) is 4.39. The fraction of sp³-hybridized carbons (Fsp3) is 0.214. The summed E-state index contributed by atoms with van der Waals surface area (Å²) in [7, 11) is 0. The molecule has 0 radical (unpaired) electrons. The van der Waals surface area contributed by atoms with E-state index >= 15 is 0 Å². The lowest BCUT2D eigenvalue weighted by Gasteiger charge is -2.01. The number of rotatable bonds is 6. The lowest BCUT2D eigenvalue weighted by Crippen LogP contribution is -2.25. The van der Waals surface area contributed by atoms with E-state index in [1.165, 1.54) is 0 Å². The molecular formula is C14H13Cl2N3O2. The average molecular weight is 326 g/mol. The van der Waals surface area contributed by atoms with E-state index < -0.39 is 5.24 Å². The molecule has 0 bridgehead atoms. The summed E-state index contributed by atoms with van der Waals surface area (Å²) < 4.78 is 0. The van der Waals surface area contributed by atoms with Gasteiger partial charge < -0.3 is 5.32 Å². The summed E-state index contributed by atoms with van der Waals surface area (Å²) >= 11 is 11.0. The van der Waals surface area contributed by atoms with Crippen LogP contribution in [0, 0.1) is 0 Å². The standard InChI is InChI=1S/C14H13Cl2N3O2/c15-10-5-3-9(4-6-10)11-8-12(19-18-11)14(21)17-7-1-2-13(16)20/h3-6,8H,1-2,7H2,(H,17,21)(H,18,19). The molecule has 0 aliphatic rings. The van der Waals surface area contributed by atoms with Crippen molar-refractivity contribution in [2.24, 2.45) is 0 Å². The van der Waals surface area contributed by atoms with Gasteiger partial charge in [0, 0.05) is 23.6 Å². The smallest absolute Gasteiger partial charge is 0.269 e. The lowest BCUT2D eigenvalue weighted by molar-refractivity contribution is -0.111. The highest BCUT2D eigenvalue weighted by atomic mass is 35.5. The van der Waals surface area contributed by atoms with Crippen molar-refractivity contribution in [2.75, 3.05) is 6.54 Å². The lowest BCUT2D eigenvalue weighted by atomic mass is 10.1. The molecule has 0 aliphatic heterocycles. The second kappa shape index (κ2) is 7.24. The molecule has 2 rings (SSSR count). The predicted molar refractivity (Wildman–Crippen MR) is 81.5 cm³/mol. The van der Waals surface area contributed by atoms with E-state index in [1.54, 1.807) is 18.2 Å². The number of aromatic nitrogens is 2. The van der Waals surface area contributed by atoms with Crippen molar-refractivity contribution in [1.82, 2.24) is 15.5 Å². The molecule has 0 aliphatic carbocycles. The first-order chi connectivity index (χ1) is 10.1. The Bertz CT molecular complexity index is 638. The maximum atomic E-state index is 11.9. The van der Waals surface area contributed by atoms with E-state index in [0.717, 1.165) is 5.56 Å². The van der Waals surface area contributed by atoms with Gasteiger partial charge in [0.05, 0.1) is 5.69 Å². The Labute approximate surface area is 131 Å². The van der Waals surface area contributed by atoms with Crippen molar-refractivity contribution < 1.29 is 9.59 Å². The number of nitrogens with zero attached hydrogens (tertiary/aromatic N) is 1. The highest BCUT2D eigenvalue weighted by molar-refractivity contribution is 6.63. The van der Waals surface area contributed by atoms with Gasteiger partial charge in [0.15, 0.2) is 0 Å². The zero-order valence-electron chi connectivity index (χ0n) is 11.0. The molecule has 2 aromatic rings. The Morgan fingerprint density at radius 1 is 1.24 bits per heavy atom. The minimum absolute atomic E-state index is 0.237. The van der Waals surface area contributed by atoms with Gasteiger partial charge in [-0.25, -0.2) is 0 Å². The molecule has 1 aromatic heterocycles. The van der Waals surface area contributed by atoms with E-state index in [0.29, 0.717) is 29.4 Å². The maximum Gasteiger partial charge on any atom is 0.269 e. The Kier molecular flexibility index (Phi) is 5.36. The van der Waals surface area contributed by atoms with Crippen LogP contribution in [0.3, 0.4) is 0 Å². The fourth-order valence-corrected chi connectivity index (χ4v) is 1.99. The van der Waals surface area contributed by atoms with Crippen LogP contribution in [-0.4, -0.2) is 27.9 Å². The maximum absolute atomic E-state index is 11.9. The summed E-state index contributed by atoms with van der Waals surface area (Å²) in [6, 6.07) is 8.83. The fourth-order valence-electron chi connectivity index (χ4n) is 1.73. The number of hydrogen-bond acceptors (Lipinski definition) is 3. The van der Waals surface area contributed by atoms with E-state index in [-0.39, 0.29) is 12.3 Å². The molecular weight excluding hydrogens is 313 g/mol. The van der Waals surface area contributed by atoms with Crippen molar-refractivity contribution in [1.29, 1.82) is 0 Å². The van der Waals surface area contributed by atoms with Crippen LogP contribution in [0.15, 0.2) is 30.3 Å². The molecule has 0 saturated carbocycles. The third-order valence-corrected chi connectivity index (χ3v) is 3.24. The van der Waals surface area contributed by atoms with Crippen LogP contribution in [0.1, 0.15) is 23.3 Å². The molecule has 7 heteroatoms. The number of hydrogen-bond donors (Lipinski definition) is 2. The number of carbonyl (C=O) groups is 2. The average Bonchev–Trinajstić information content (AvgIpc) is 2.94. The third-order valence-electron chi connectivity index (χ3n) is 2.80. The number of amides is 1. The number of carbonyl (C=O) groups excluding carboxylic acids is 2. The number of benzene rings is 1. The molecule has 1 amide bonds. The van der Waals surface area contributed by atoms with Crippen LogP contribution in [0.25, 0.3) is 11.3 Å². The van der Waals surface area contributed by atoms with Gasteiger partial charge in [-0.05, 0) is 36.2 Å². The SMILES string of the molecule is O=C(Cl)CCCNC(=O)c1cc(-c2ccc(Cl)cc2)n[nH]1. The molecule has 0 unspecified atom stereocenters. The third kappa shape index (κ3) is 4.58. The number of H-pyrrole nitrogens is 1. The molecule has 110 valence electrons. The van der Waals surface area contributed by atoms with Gasteiger partial charge >= 0.3 is 0 Å². The molecule has 5 nitrogen and oxygen atoms in total. The zero-order valence-corrected chi connectivity index (χ0v) is 12.5. The highest BCUT2D eigenvalue weighted by Crippen LogP contribution is 2.20. The Morgan fingerprint density at radius 3 is 2.62 bits per heavy atom. The van der Waals surface area contributed by atoms with Gasteiger partial charge in [-0.1, -0.05) is 23.7 Å². The van der Waals surface area contributed by atoms with Crippen molar-refractivity contribution in [3.05, 3.63) is 41.0 Å². The monoisotopic (exact) mass is 325 g/mol. The highest BCUT2D eigenvalue weighted by Gasteiger charge is 2.10. The Balaban J connectivity index is 1.94. The Morgan fingerprint density at radius 2 is 1.95 bits per heavy atom. The molecule has 0 saturated heterocycles. The van der Waals surface area contributed by atoms with Gasteiger partial charge in [-0.2, -0.15) is 5.10 Å². The first-order valence-corrected chi connectivity index (χ1v) is 7.10. The van der Waals surface area contributed by atoms with E-state index in [9.17, 15) is 9.59 Å². The number of aromatic amines is 1. The predicted octanol–water partition coefficient (Wildman–Crippen LogP) is 3.01. The van der Waals surface area contributed by atoms with E-state index in [1.807, 2.05) is 12.1 Å². The van der Waals surface area contributed by atoms with Gasteiger partial charge in [-0.3, -0.25) is 14.7 Å². The molecule has 2 N–H and O–H groups in total. The van der Waals surface area contributed by atoms with Crippen molar-refractivity contribution in [3.8, 4) is 11.3 Å². The Hall–Kier alpha value is -1.85. The summed E-state index contributed by atoms with van der Waals surface area (Å²) in [6.45, 7) is 0.382. The van der Waals surface area contributed by atoms with Crippen LogP contribution in [0.4, 0.5) is 0 Å². The number of nitrogens with one attached hydrogen (secondary N) is 2. The first kappa shape index (κ1) is 15.5. The van der Waals surface area contributed by atoms with Crippen molar-refractivity contribution in [2.45, 2.75) is 12.8 Å². The summed E-state index contributed by atoms with van der Waals surface area (Å²) in [5.41, 5.74) is 1.88. The summed E-state index contributed by atoms with van der Waals surface area (Å²) in [5, 5.41) is 9.69. The van der Waals surface area contributed by atoms with Crippen LogP contribution >= 0.6 is 23.2 Å². The molecule has 0 spiro atoms. The molecule has 0 fully saturated rings. The van der Waals surface area contributed by atoms with Gasteiger partial charge in [0.1, 0.15) is 5.69 Å². The van der Waals surface area contributed by atoms with Crippen LogP contribution < -0.4 is 5.32 Å². The zero-order chi connectivity index (χ0) is 15.2. The van der Waals surface area contributed by atoms with Gasteiger partial charge in [0.25, 0.3) is 5.91 Å². The van der Waals surface area contributed by atoms with E-state index in [2.05, 4.69) is 15.5 Å². The molecule has 1 aromatic carbocycles. The minimum atomic E-state index is -0.407. The number of halogens is 2.